The number of rotatable bonds is 6. The van der Waals surface area contributed by atoms with Gasteiger partial charge in [0, 0.05) is 0 Å². The van der Waals surface area contributed by atoms with Gasteiger partial charge in [-0.2, -0.15) is 0 Å². The van der Waals surface area contributed by atoms with E-state index < -0.39 is 0 Å². The summed E-state index contributed by atoms with van der Waals surface area (Å²) in [5, 5.41) is 0. The van der Waals surface area contributed by atoms with E-state index in [1.54, 1.807) is 12.8 Å². The second-order valence-electron chi connectivity index (χ2n) is 6.09. The van der Waals surface area contributed by atoms with Crippen molar-refractivity contribution in [1.82, 2.24) is 0 Å². The molecule has 2 rings (SSSR count). The van der Waals surface area contributed by atoms with E-state index in [1.165, 1.54) is 19.3 Å². The van der Waals surface area contributed by atoms with Crippen molar-refractivity contribution < 1.29 is 0 Å². The van der Waals surface area contributed by atoms with Crippen LogP contribution in [-0.2, 0) is 0 Å². The van der Waals surface area contributed by atoms with Crippen molar-refractivity contribution in [2.75, 3.05) is 0 Å². The van der Waals surface area contributed by atoms with Gasteiger partial charge >= 0.3 is 0 Å². The molecule has 2 fully saturated rings. The lowest BCUT2D eigenvalue weighted by Crippen LogP contribution is -2.10. The Balaban J connectivity index is 1.83. The molecule has 6 unspecified atom stereocenters. The minimum atomic E-state index is 0.989. The maximum Gasteiger partial charge on any atom is -0.0349 e. The van der Waals surface area contributed by atoms with Crippen LogP contribution in [0, 0.1) is 35.5 Å². The quantitative estimate of drug-likeness (QED) is 0.591. The monoisotopic (exact) mass is 208 g/mol. The van der Waals surface area contributed by atoms with E-state index in [9.17, 15) is 0 Å². The molecule has 2 aliphatic rings. The van der Waals surface area contributed by atoms with Crippen LogP contribution < -0.4 is 0 Å². The first-order valence-corrected chi connectivity index (χ1v) is 7.22. The topological polar surface area (TPSA) is 0 Å². The van der Waals surface area contributed by atoms with Gasteiger partial charge < -0.3 is 0 Å². The van der Waals surface area contributed by atoms with Crippen molar-refractivity contribution >= 4 is 0 Å². The molecule has 0 nitrogen and oxygen atoms in total. The van der Waals surface area contributed by atoms with Crippen molar-refractivity contribution in [2.45, 2.75) is 59.8 Å². The van der Waals surface area contributed by atoms with Gasteiger partial charge in [-0.05, 0) is 48.3 Å². The zero-order valence-electron chi connectivity index (χ0n) is 11.0. The summed E-state index contributed by atoms with van der Waals surface area (Å²) in [7, 11) is 0. The second-order valence-corrected chi connectivity index (χ2v) is 6.09. The Bertz CT molecular complexity index is 208. The van der Waals surface area contributed by atoms with Crippen molar-refractivity contribution in [3.63, 3.8) is 0 Å². The molecule has 0 spiro atoms. The number of hydrogen-bond acceptors (Lipinski definition) is 0. The van der Waals surface area contributed by atoms with Crippen LogP contribution in [0.2, 0.25) is 0 Å². The minimum Gasteiger partial charge on any atom is -0.0651 e. The molecule has 2 saturated carbocycles. The zero-order valence-corrected chi connectivity index (χ0v) is 11.0. The fourth-order valence-corrected chi connectivity index (χ4v) is 3.87. The Morgan fingerprint density at radius 2 is 1.67 bits per heavy atom. The highest BCUT2D eigenvalue weighted by Crippen LogP contribution is 2.59. The molecule has 0 aliphatic heterocycles. The van der Waals surface area contributed by atoms with Crippen LogP contribution in [0.25, 0.3) is 0 Å². The first kappa shape index (κ1) is 11.5. The maximum absolute atomic E-state index is 2.46. The molecule has 0 saturated heterocycles. The van der Waals surface area contributed by atoms with E-state index >= 15 is 0 Å². The molecule has 0 heterocycles. The summed E-state index contributed by atoms with van der Waals surface area (Å²) < 4.78 is 0. The Hall–Kier alpha value is 0. The van der Waals surface area contributed by atoms with Crippen molar-refractivity contribution in [3.05, 3.63) is 0 Å². The van der Waals surface area contributed by atoms with Gasteiger partial charge in [-0.1, -0.05) is 47.0 Å². The van der Waals surface area contributed by atoms with Crippen LogP contribution in [0.3, 0.4) is 0 Å². The molecule has 0 aromatic heterocycles. The van der Waals surface area contributed by atoms with Gasteiger partial charge in [-0.3, -0.25) is 0 Å². The van der Waals surface area contributed by atoms with Gasteiger partial charge in [0.25, 0.3) is 0 Å². The van der Waals surface area contributed by atoms with Gasteiger partial charge in [0.1, 0.15) is 0 Å². The van der Waals surface area contributed by atoms with E-state index in [1.807, 2.05) is 0 Å². The Morgan fingerprint density at radius 1 is 0.933 bits per heavy atom. The zero-order chi connectivity index (χ0) is 11.0. The summed E-state index contributed by atoms with van der Waals surface area (Å²) in [5.74, 6) is 6.52. The van der Waals surface area contributed by atoms with E-state index in [0.29, 0.717) is 0 Å². The van der Waals surface area contributed by atoms with Crippen LogP contribution in [0.4, 0.5) is 0 Å². The lowest BCUT2D eigenvalue weighted by molar-refractivity contribution is 0.324. The Kier molecular flexibility index (Phi) is 3.42. The molecule has 0 amide bonds. The fraction of sp³-hybridized carbons (Fsp3) is 1.00. The summed E-state index contributed by atoms with van der Waals surface area (Å²) in [6, 6.07) is 0. The predicted octanol–water partition coefficient (Wildman–Crippen LogP) is 4.74. The summed E-state index contributed by atoms with van der Waals surface area (Å²) >= 11 is 0. The average molecular weight is 208 g/mol. The highest BCUT2D eigenvalue weighted by atomic mass is 14.6. The third kappa shape index (κ3) is 2.24. The van der Waals surface area contributed by atoms with E-state index in [4.69, 9.17) is 0 Å². The minimum absolute atomic E-state index is 0.989. The summed E-state index contributed by atoms with van der Waals surface area (Å²) in [6.45, 7) is 9.60. The molecule has 0 aromatic rings. The lowest BCUT2D eigenvalue weighted by atomic mass is 9.89. The molecule has 15 heavy (non-hydrogen) atoms. The second kappa shape index (κ2) is 4.47. The first-order chi connectivity index (χ1) is 7.22. The normalized spacial score (nSPS) is 42.4. The molecule has 0 bridgehead atoms. The average Bonchev–Trinajstić information content (AvgIpc) is 3.11. The van der Waals surface area contributed by atoms with Crippen LogP contribution in [0.15, 0.2) is 0 Å². The molecule has 2 aliphatic carbocycles. The van der Waals surface area contributed by atoms with Crippen LogP contribution >= 0.6 is 0 Å². The molecular formula is C15H28. The van der Waals surface area contributed by atoms with Gasteiger partial charge in [0.2, 0.25) is 0 Å². The van der Waals surface area contributed by atoms with E-state index in [-0.39, 0.29) is 0 Å². The molecule has 0 heteroatoms. The molecular weight excluding hydrogens is 180 g/mol. The molecule has 88 valence electrons. The Labute approximate surface area is 95.8 Å². The highest BCUT2D eigenvalue weighted by molar-refractivity contribution is 5.01. The third-order valence-corrected chi connectivity index (χ3v) is 5.34. The molecule has 0 radical (unpaired) electrons. The highest BCUT2D eigenvalue weighted by Gasteiger charge is 2.52. The molecule has 0 aromatic carbocycles. The summed E-state index contributed by atoms with van der Waals surface area (Å²) in [6.07, 6.45) is 7.37. The molecule has 6 atom stereocenters. The maximum atomic E-state index is 2.46. The lowest BCUT2D eigenvalue weighted by Gasteiger charge is -2.16. The van der Waals surface area contributed by atoms with Crippen molar-refractivity contribution in [1.29, 1.82) is 0 Å². The standard InChI is InChI=1S/C15H28/c1-5-10(4)13-9-15(13)12(7-3)14-8-11(14)6-2/h10-15H,5-9H2,1-4H3. The van der Waals surface area contributed by atoms with E-state index in [2.05, 4.69) is 27.7 Å². The van der Waals surface area contributed by atoms with Crippen molar-refractivity contribution in [3.8, 4) is 0 Å². The molecule has 0 N–H and O–H groups in total. The largest absolute Gasteiger partial charge is 0.0651 e. The first-order valence-electron chi connectivity index (χ1n) is 7.22. The van der Waals surface area contributed by atoms with Crippen LogP contribution in [0.5, 0.6) is 0 Å². The van der Waals surface area contributed by atoms with Crippen LogP contribution in [0.1, 0.15) is 59.8 Å². The third-order valence-electron chi connectivity index (χ3n) is 5.34. The fourth-order valence-electron chi connectivity index (χ4n) is 3.87. The number of hydrogen-bond donors (Lipinski definition) is 0. The van der Waals surface area contributed by atoms with Gasteiger partial charge in [0.05, 0.1) is 0 Å². The van der Waals surface area contributed by atoms with E-state index in [0.717, 1.165) is 35.5 Å². The smallest absolute Gasteiger partial charge is 0.0349 e. The summed E-state index contributed by atoms with van der Waals surface area (Å²) in [5.41, 5.74) is 0. The SMILES string of the molecule is CCC(C)C1CC1C(CC)C1CC1CC. The Morgan fingerprint density at radius 3 is 2.13 bits per heavy atom. The van der Waals surface area contributed by atoms with Crippen LogP contribution in [-0.4, -0.2) is 0 Å². The van der Waals surface area contributed by atoms with Gasteiger partial charge in [-0.15, -0.1) is 0 Å². The predicted molar refractivity (Wildman–Crippen MR) is 66.7 cm³/mol. The van der Waals surface area contributed by atoms with Crippen molar-refractivity contribution in [2.24, 2.45) is 35.5 Å². The van der Waals surface area contributed by atoms with Gasteiger partial charge in [0.15, 0.2) is 0 Å². The summed E-state index contributed by atoms with van der Waals surface area (Å²) in [4.78, 5) is 0. The van der Waals surface area contributed by atoms with Gasteiger partial charge in [-0.25, -0.2) is 0 Å².